The number of aryl methyl sites for hydroxylation is 1. The number of piperidine rings is 1. The van der Waals surface area contributed by atoms with E-state index in [9.17, 15) is 4.79 Å². The van der Waals surface area contributed by atoms with Crippen molar-refractivity contribution in [3.63, 3.8) is 0 Å². The van der Waals surface area contributed by atoms with Crippen LogP contribution in [0.2, 0.25) is 5.02 Å². The number of aliphatic hydroxyl groups is 1. The molecule has 0 unspecified atom stereocenters. The molecular weight excluding hydrogens is 506 g/mol. The number of halogens is 1. The third-order valence-electron chi connectivity index (χ3n) is 7.28. The Bertz CT molecular complexity index is 1380. The van der Waals surface area contributed by atoms with Crippen LogP contribution < -0.4 is 5.32 Å². The number of hydrogen-bond donors (Lipinski definition) is 2. The number of thiazole rings is 1. The lowest BCUT2D eigenvalue weighted by Gasteiger charge is -2.31. The number of unbranched alkanes of at least 4 members (excludes halogenated alkanes) is 1. The molecule has 5 rings (SSSR count). The van der Waals surface area contributed by atoms with Crippen molar-refractivity contribution in [2.75, 3.05) is 31.6 Å². The van der Waals surface area contributed by atoms with Gasteiger partial charge < -0.3 is 19.9 Å². The lowest BCUT2D eigenvalue weighted by atomic mass is 9.90. The number of likely N-dealkylation sites (tertiary alicyclic amines) is 1. The van der Waals surface area contributed by atoms with Crippen LogP contribution in [0.5, 0.6) is 0 Å². The Morgan fingerprint density at radius 2 is 1.97 bits per heavy atom. The number of β-amino-alcohol motifs (C(OH)–C–C–N with tert-alkyl or cyclic N) is 1. The van der Waals surface area contributed by atoms with E-state index in [4.69, 9.17) is 26.7 Å². The van der Waals surface area contributed by atoms with Gasteiger partial charge in [0, 0.05) is 30.1 Å². The summed E-state index contributed by atoms with van der Waals surface area (Å²) in [5, 5.41) is 14.0. The van der Waals surface area contributed by atoms with E-state index in [1.165, 1.54) is 0 Å². The number of hydrogen-bond acceptors (Lipinski definition) is 7. The van der Waals surface area contributed by atoms with E-state index in [1.54, 1.807) is 11.3 Å². The fraction of sp³-hybridized carbons (Fsp3) is 0.464. The van der Waals surface area contributed by atoms with Gasteiger partial charge in [0.2, 0.25) is 5.95 Å². The number of carbonyl (C=O) groups excluding carboxylic acids is 1. The molecule has 196 valence electrons. The minimum atomic E-state index is 0.181. The average molecular weight is 540 g/mol. The molecule has 0 saturated carbocycles. The van der Waals surface area contributed by atoms with Crippen LogP contribution in [0.1, 0.15) is 55.8 Å². The first-order chi connectivity index (χ1) is 18.0. The predicted molar refractivity (Wildman–Crippen MR) is 152 cm³/mol. The van der Waals surface area contributed by atoms with E-state index in [1.807, 2.05) is 36.4 Å². The first kappa shape index (κ1) is 26.1. The van der Waals surface area contributed by atoms with Crippen LogP contribution >= 0.6 is 22.9 Å². The van der Waals surface area contributed by atoms with Crippen molar-refractivity contribution in [3.05, 3.63) is 47.0 Å². The summed E-state index contributed by atoms with van der Waals surface area (Å²) < 4.78 is 3.21. The summed E-state index contributed by atoms with van der Waals surface area (Å²) in [4.78, 5) is 24.9. The molecule has 7 nitrogen and oxygen atoms in total. The summed E-state index contributed by atoms with van der Waals surface area (Å²) in [5.74, 6) is 1.50. The lowest BCUT2D eigenvalue weighted by molar-refractivity contribution is 0.0958. The predicted octanol–water partition coefficient (Wildman–Crippen LogP) is 6.51. The Kier molecular flexibility index (Phi) is 8.39. The molecule has 9 heteroatoms. The van der Waals surface area contributed by atoms with Gasteiger partial charge in [-0.25, -0.2) is 9.97 Å². The second-order valence-corrected chi connectivity index (χ2v) is 11.3. The van der Waals surface area contributed by atoms with Gasteiger partial charge >= 0.3 is 0 Å². The van der Waals surface area contributed by atoms with E-state index in [2.05, 4.69) is 21.7 Å². The fourth-order valence-corrected chi connectivity index (χ4v) is 6.24. The lowest BCUT2D eigenvalue weighted by Crippen LogP contribution is -2.35. The number of nitrogens with one attached hydrogen (secondary N) is 1. The topological polar surface area (TPSA) is 83.3 Å². The zero-order valence-electron chi connectivity index (χ0n) is 21.3. The first-order valence-corrected chi connectivity index (χ1v) is 14.4. The van der Waals surface area contributed by atoms with Crippen LogP contribution in [0.4, 0.5) is 11.1 Å². The Hall–Kier alpha value is -2.52. The van der Waals surface area contributed by atoms with Gasteiger partial charge in [0.25, 0.3) is 0 Å². The average Bonchev–Trinajstić information content (AvgIpc) is 3.46. The minimum Gasteiger partial charge on any atom is -0.395 e. The van der Waals surface area contributed by atoms with E-state index in [0.29, 0.717) is 17.4 Å². The Balaban J connectivity index is 1.31. The molecule has 0 aliphatic carbocycles. The van der Waals surface area contributed by atoms with Crippen molar-refractivity contribution >= 4 is 61.1 Å². The van der Waals surface area contributed by atoms with Crippen LogP contribution in [0.3, 0.4) is 0 Å². The van der Waals surface area contributed by atoms with Crippen LogP contribution in [0.25, 0.3) is 21.3 Å². The summed E-state index contributed by atoms with van der Waals surface area (Å²) in [7, 11) is 0. The van der Waals surface area contributed by atoms with Gasteiger partial charge in [-0.1, -0.05) is 36.3 Å². The van der Waals surface area contributed by atoms with Crippen molar-refractivity contribution < 1.29 is 9.90 Å². The Morgan fingerprint density at radius 3 is 2.76 bits per heavy atom. The summed E-state index contributed by atoms with van der Waals surface area (Å²) >= 11 is 7.70. The zero-order valence-corrected chi connectivity index (χ0v) is 22.8. The van der Waals surface area contributed by atoms with Crippen molar-refractivity contribution in [1.82, 2.24) is 19.4 Å². The molecule has 37 heavy (non-hydrogen) atoms. The number of ketones is 1. The van der Waals surface area contributed by atoms with Gasteiger partial charge in [-0.3, -0.25) is 4.79 Å². The van der Waals surface area contributed by atoms with Crippen molar-refractivity contribution in [3.8, 4) is 0 Å². The number of fused-ring (bicyclic) bond motifs is 2. The summed E-state index contributed by atoms with van der Waals surface area (Å²) in [5.41, 5.74) is 3.48. The largest absolute Gasteiger partial charge is 0.395 e. The van der Waals surface area contributed by atoms with Crippen molar-refractivity contribution in [2.45, 2.75) is 52.0 Å². The SMILES string of the molecule is CCCCn1c(Nc2nc3ccc(Cl)cc3s2)nc2cc(C(=O)CCC3CCN(CCO)CC3)ccc21. The smallest absolute Gasteiger partial charge is 0.210 e. The number of carbonyl (C=O) groups is 1. The number of Topliss-reactive ketones (excluding diaryl/α,β-unsaturated/α-hetero) is 1. The molecule has 3 heterocycles. The molecule has 0 atom stereocenters. The Labute approximate surface area is 226 Å². The molecule has 0 spiro atoms. The van der Waals surface area contributed by atoms with Crippen LogP contribution in [-0.2, 0) is 6.54 Å². The van der Waals surface area contributed by atoms with E-state index >= 15 is 0 Å². The fourth-order valence-electron chi connectivity index (χ4n) is 5.11. The highest BCUT2D eigenvalue weighted by molar-refractivity contribution is 7.22. The van der Waals surface area contributed by atoms with Crippen LogP contribution in [0, 0.1) is 5.92 Å². The number of rotatable bonds is 11. The monoisotopic (exact) mass is 539 g/mol. The molecule has 0 bridgehead atoms. The number of aliphatic hydroxyl groups excluding tert-OH is 1. The number of imidazole rings is 1. The van der Waals surface area contributed by atoms with E-state index < -0.39 is 0 Å². The number of benzene rings is 2. The first-order valence-electron chi connectivity index (χ1n) is 13.2. The second-order valence-electron chi connectivity index (χ2n) is 9.87. The molecule has 0 amide bonds. The molecule has 1 aliphatic heterocycles. The standard InChI is InChI=1S/C28H34ClN5O2S/c1-2-3-12-34-24-8-5-20(25(36)9-4-19-10-13-33(14-11-19)15-16-35)17-23(24)30-27(34)32-28-31-22-7-6-21(29)18-26(22)37-28/h5-8,17-19,35H,2-4,9-16H2,1H3,(H,30,31,32). The third-order valence-corrected chi connectivity index (χ3v) is 8.45. The van der Waals surface area contributed by atoms with Crippen molar-refractivity contribution in [1.29, 1.82) is 0 Å². The molecule has 1 saturated heterocycles. The van der Waals surface area contributed by atoms with Gasteiger partial charge in [0.1, 0.15) is 0 Å². The number of nitrogens with zero attached hydrogens (tertiary/aromatic N) is 4. The molecular formula is C28H34ClN5O2S. The second kappa shape index (κ2) is 11.9. The maximum Gasteiger partial charge on any atom is 0.210 e. The van der Waals surface area contributed by atoms with Crippen molar-refractivity contribution in [2.24, 2.45) is 5.92 Å². The van der Waals surface area contributed by atoms with Gasteiger partial charge in [0.05, 0.1) is 27.9 Å². The summed E-state index contributed by atoms with van der Waals surface area (Å²) in [6.45, 7) is 6.01. The highest BCUT2D eigenvalue weighted by Crippen LogP contribution is 2.32. The highest BCUT2D eigenvalue weighted by Gasteiger charge is 2.20. The maximum absolute atomic E-state index is 13.1. The summed E-state index contributed by atoms with van der Waals surface area (Å²) in [6.07, 6.45) is 5.79. The summed E-state index contributed by atoms with van der Waals surface area (Å²) in [6, 6.07) is 11.6. The molecule has 2 aromatic heterocycles. The molecule has 4 aromatic rings. The van der Waals surface area contributed by atoms with Crippen LogP contribution in [-0.4, -0.2) is 56.6 Å². The van der Waals surface area contributed by atoms with Crippen LogP contribution in [0.15, 0.2) is 36.4 Å². The quantitative estimate of drug-likeness (QED) is 0.211. The molecule has 1 fully saturated rings. The Morgan fingerprint density at radius 1 is 1.14 bits per heavy atom. The highest BCUT2D eigenvalue weighted by atomic mass is 35.5. The normalized spacial score (nSPS) is 15.1. The van der Waals surface area contributed by atoms with E-state index in [0.717, 1.165) is 96.2 Å². The van der Waals surface area contributed by atoms with E-state index in [-0.39, 0.29) is 12.4 Å². The number of anilines is 2. The molecule has 2 aromatic carbocycles. The van der Waals surface area contributed by atoms with Gasteiger partial charge in [-0.05, 0) is 81.1 Å². The molecule has 1 aliphatic rings. The maximum atomic E-state index is 13.1. The van der Waals surface area contributed by atoms with Gasteiger partial charge in [0.15, 0.2) is 10.9 Å². The number of aromatic nitrogens is 3. The third kappa shape index (κ3) is 6.14. The molecule has 0 radical (unpaired) electrons. The zero-order chi connectivity index (χ0) is 25.8. The minimum absolute atomic E-state index is 0.181. The van der Waals surface area contributed by atoms with Gasteiger partial charge in [-0.15, -0.1) is 0 Å². The van der Waals surface area contributed by atoms with Gasteiger partial charge in [-0.2, -0.15) is 0 Å². The molecule has 2 N–H and O–H groups in total.